The molecular weight excluding hydrogens is 258 g/mol. The van der Waals surface area contributed by atoms with E-state index in [1.807, 2.05) is 0 Å². The Balaban J connectivity index is 1.57. The zero-order chi connectivity index (χ0) is 14.7. The number of nitrogens with one attached hydrogen (secondary N) is 1. The molecular formula is C19H29NO. The molecule has 0 spiro atoms. The molecule has 1 saturated carbocycles. The van der Waals surface area contributed by atoms with Crippen LogP contribution in [0.15, 0.2) is 18.2 Å². The molecule has 1 N–H and O–H groups in total. The molecule has 1 aromatic carbocycles. The molecule has 2 heteroatoms. The predicted molar refractivity (Wildman–Crippen MR) is 87.9 cm³/mol. The Morgan fingerprint density at radius 3 is 3.05 bits per heavy atom. The average molecular weight is 287 g/mol. The summed E-state index contributed by atoms with van der Waals surface area (Å²) in [5, 5.41) is 3.59. The van der Waals surface area contributed by atoms with Gasteiger partial charge in [0.1, 0.15) is 5.75 Å². The lowest BCUT2D eigenvalue weighted by atomic mass is 9.77. The summed E-state index contributed by atoms with van der Waals surface area (Å²) >= 11 is 0. The minimum Gasteiger partial charge on any atom is -0.493 e. The molecule has 0 amide bonds. The lowest BCUT2D eigenvalue weighted by Gasteiger charge is -2.33. The zero-order valence-electron chi connectivity index (χ0n) is 13.5. The number of fused-ring (bicyclic) bond motifs is 1. The Morgan fingerprint density at radius 2 is 2.24 bits per heavy atom. The highest BCUT2D eigenvalue weighted by Gasteiger charge is 2.25. The van der Waals surface area contributed by atoms with Crippen molar-refractivity contribution in [3.63, 3.8) is 0 Å². The van der Waals surface area contributed by atoms with E-state index < -0.39 is 0 Å². The van der Waals surface area contributed by atoms with Crippen molar-refractivity contribution in [1.29, 1.82) is 0 Å². The molecule has 2 nitrogen and oxygen atoms in total. The highest BCUT2D eigenvalue weighted by atomic mass is 16.5. The number of benzene rings is 1. The van der Waals surface area contributed by atoms with E-state index in [1.165, 1.54) is 49.7 Å². The maximum Gasteiger partial charge on any atom is 0.122 e. The number of aryl methyl sites for hydroxylation is 1. The summed E-state index contributed by atoms with van der Waals surface area (Å²) in [5.74, 6) is 2.89. The summed E-state index contributed by atoms with van der Waals surface area (Å²) in [4.78, 5) is 0. The van der Waals surface area contributed by atoms with Crippen LogP contribution in [0, 0.1) is 11.8 Å². The van der Waals surface area contributed by atoms with Gasteiger partial charge >= 0.3 is 0 Å². The molecule has 1 aliphatic heterocycles. The molecule has 1 aliphatic carbocycles. The molecule has 0 radical (unpaired) electrons. The Morgan fingerprint density at radius 1 is 1.33 bits per heavy atom. The van der Waals surface area contributed by atoms with E-state index in [0.717, 1.165) is 30.6 Å². The van der Waals surface area contributed by atoms with Gasteiger partial charge < -0.3 is 10.1 Å². The van der Waals surface area contributed by atoms with Crippen LogP contribution in [0.4, 0.5) is 0 Å². The number of ether oxygens (including phenoxy) is 1. The largest absolute Gasteiger partial charge is 0.493 e. The SMILES string of the molecule is CNC(CCc1ccc2c(c1)CCO2)C1CCCC(C)C1. The summed E-state index contributed by atoms with van der Waals surface area (Å²) in [6.07, 6.45) is 9.19. The summed E-state index contributed by atoms with van der Waals surface area (Å²) in [6, 6.07) is 7.45. The Kier molecular flexibility index (Phi) is 4.84. The van der Waals surface area contributed by atoms with Crippen LogP contribution < -0.4 is 10.1 Å². The van der Waals surface area contributed by atoms with Crippen molar-refractivity contribution in [2.75, 3.05) is 13.7 Å². The lowest BCUT2D eigenvalue weighted by molar-refractivity contribution is 0.221. The van der Waals surface area contributed by atoms with Crippen LogP contribution in [0.25, 0.3) is 0 Å². The van der Waals surface area contributed by atoms with Crippen LogP contribution in [0.2, 0.25) is 0 Å². The van der Waals surface area contributed by atoms with Gasteiger partial charge in [-0.2, -0.15) is 0 Å². The Labute approximate surface area is 129 Å². The Hall–Kier alpha value is -1.02. The van der Waals surface area contributed by atoms with Crippen molar-refractivity contribution in [3.05, 3.63) is 29.3 Å². The van der Waals surface area contributed by atoms with Crippen LogP contribution in [-0.2, 0) is 12.8 Å². The van der Waals surface area contributed by atoms with Crippen LogP contribution in [0.5, 0.6) is 5.75 Å². The van der Waals surface area contributed by atoms with Gasteiger partial charge in [-0.25, -0.2) is 0 Å². The van der Waals surface area contributed by atoms with Gasteiger partial charge in [0, 0.05) is 12.5 Å². The van der Waals surface area contributed by atoms with E-state index in [1.54, 1.807) is 0 Å². The van der Waals surface area contributed by atoms with Gasteiger partial charge in [0.05, 0.1) is 6.61 Å². The highest BCUT2D eigenvalue weighted by molar-refractivity contribution is 5.39. The molecule has 116 valence electrons. The molecule has 0 aromatic heterocycles. The van der Waals surface area contributed by atoms with E-state index >= 15 is 0 Å². The predicted octanol–water partition coefficient (Wildman–Crippen LogP) is 3.97. The van der Waals surface area contributed by atoms with Crippen molar-refractivity contribution in [2.45, 2.75) is 57.9 Å². The molecule has 1 fully saturated rings. The molecule has 1 heterocycles. The summed E-state index contributed by atoms with van der Waals surface area (Å²) < 4.78 is 5.59. The first-order valence-electron chi connectivity index (χ1n) is 8.68. The van der Waals surface area contributed by atoms with Gasteiger partial charge in [-0.1, -0.05) is 31.9 Å². The van der Waals surface area contributed by atoms with E-state index in [0.29, 0.717) is 6.04 Å². The summed E-state index contributed by atoms with van der Waals surface area (Å²) in [6.45, 7) is 3.28. The average Bonchev–Trinajstić information content (AvgIpc) is 2.95. The van der Waals surface area contributed by atoms with Crippen LogP contribution >= 0.6 is 0 Å². The first-order valence-corrected chi connectivity index (χ1v) is 8.68. The molecule has 3 atom stereocenters. The first-order chi connectivity index (χ1) is 10.3. The second kappa shape index (κ2) is 6.83. The Bertz CT molecular complexity index is 471. The molecule has 0 bridgehead atoms. The van der Waals surface area contributed by atoms with Gasteiger partial charge in [-0.05, 0) is 61.8 Å². The maximum absolute atomic E-state index is 5.59. The maximum atomic E-state index is 5.59. The van der Waals surface area contributed by atoms with E-state index in [9.17, 15) is 0 Å². The van der Waals surface area contributed by atoms with Crippen LogP contribution in [0.3, 0.4) is 0 Å². The van der Waals surface area contributed by atoms with Crippen molar-refractivity contribution in [3.8, 4) is 5.75 Å². The fourth-order valence-electron chi connectivity index (χ4n) is 4.18. The molecule has 3 unspecified atom stereocenters. The standard InChI is InChI=1S/C19H29NO/c1-14-4-3-5-16(12-14)18(20-2)8-6-15-7-9-19-17(13-15)10-11-21-19/h7,9,13-14,16,18,20H,3-6,8,10-12H2,1-2H3. The molecule has 21 heavy (non-hydrogen) atoms. The van der Waals surface area contributed by atoms with Gasteiger partial charge in [-0.3, -0.25) is 0 Å². The van der Waals surface area contributed by atoms with E-state index in [-0.39, 0.29) is 0 Å². The summed E-state index contributed by atoms with van der Waals surface area (Å²) in [5.41, 5.74) is 2.88. The fraction of sp³-hybridized carbons (Fsp3) is 0.684. The number of hydrogen-bond acceptors (Lipinski definition) is 2. The molecule has 3 rings (SSSR count). The van der Waals surface area contributed by atoms with Gasteiger partial charge in [-0.15, -0.1) is 0 Å². The minimum absolute atomic E-state index is 0.678. The van der Waals surface area contributed by atoms with Crippen LogP contribution in [0.1, 0.15) is 50.2 Å². The summed E-state index contributed by atoms with van der Waals surface area (Å²) in [7, 11) is 2.14. The highest BCUT2D eigenvalue weighted by Crippen LogP contribution is 2.32. The van der Waals surface area contributed by atoms with Gasteiger partial charge in [0.25, 0.3) is 0 Å². The molecule has 0 saturated heterocycles. The van der Waals surface area contributed by atoms with Gasteiger partial charge in [0.15, 0.2) is 0 Å². The van der Waals surface area contributed by atoms with Gasteiger partial charge in [0.2, 0.25) is 0 Å². The second-order valence-corrected chi connectivity index (χ2v) is 7.01. The van der Waals surface area contributed by atoms with Crippen molar-refractivity contribution >= 4 is 0 Å². The monoisotopic (exact) mass is 287 g/mol. The quantitative estimate of drug-likeness (QED) is 0.885. The fourth-order valence-corrected chi connectivity index (χ4v) is 4.18. The number of rotatable bonds is 5. The van der Waals surface area contributed by atoms with Crippen LogP contribution in [-0.4, -0.2) is 19.7 Å². The second-order valence-electron chi connectivity index (χ2n) is 7.01. The van der Waals surface area contributed by atoms with E-state index in [2.05, 4.69) is 37.5 Å². The third kappa shape index (κ3) is 3.60. The topological polar surface area (TPSA) is 21.3 Å². The zero-order valence-corrected chi connectivity index (χ0v) is 13.5. The van der Waals surface area contributed by atoms with E-state index in [4.69, 9.17) is 4.74 Å². The lowest BCUT2D eigenvalue weighted by Crippen LogP contribution is -2.36. The number of hydrogen-bond donors (Lipinski definition) is 1. The van der Waals surface area contributed by atoms with Crippen molar-refractivity contribution in [1.82, 2.24) is 5.32 Å². The smallest absolute Gasteiger partial charge is 0.122 e. The minimum atomic E-state index is 0.678. The first kappa shape index (κ1) is 14.9. The molecule has 1 aromatic rings. The van der Waals surface area contributed by atoms with Crippen molar-refractivity contribution < 1.29 is 4.74 Å². The molecule has 2 aliphatic rings. The normalized spacial score (nSPS) is 26.2. The third-order valence-corrected chi connectivity index (χ3v) is 5.41. The van der Waals surface area contributed by atoms with Crippen molar-refractivity contribution in [2.24, 2.45) is 11.8 Å². The third-order valence-electron chi connectivity index (χ3n) is 5.41.